The monoisotopic (exact) mass is 408 g/mol. The molecule has 0 bridgehead atoms. The Morgan fingerprint density at radius 3 is 2.52 bits per heavy atom. The van der Waals surface area contributed by atoms with Gasteiger partial charge in [-0.1, -0.05) is 49.2 Å². The lowest BCUT2D eigenvalue weighted by Crippen LogP contribution is -2.35. The van der Waals surface area contributed by atoms with E-state index in [1.807, 2.05) is 25.1 Å². The fourth-order valence-corrected chi connectivity index (χ4v) is 2.74. The van der Waals surface area contributed by atoms with Gasteiger partial charge in [-0.25, -0.2) is 0 Å². The lowest BCUT2D eigenvalue weighted by atomic mass is 10.0. The molecular weight excluding hydrogens is 387 g/mol. The summed E-state index contributed by atoms with van der Waals surface area (Å²) in [4.78, 5) is 24.0. The molecule has 0 heterocycles. The number of aryl methyl sites for hydroxylation is 1. The zero-order valence-electron chi connectivity index (χ0n) is 15.4. The summed E-state index contributed by atoms with van der Waals surface area (Å²) in [6, 6.07) is 10.6. The Morgan fingerprint density at radius 2 is 1.81 bits per heavy atom. The van der Waals surface area contributed by atoms with E-state index in [1.165, 1.54) is 6.07 Å². The molecule has 7 heteroatoms. The van der Waals surface area contributed by atoms with Gasteiger partial charge in [0.2, 0.25) is 5.91 Å². The van der Waals surface area contributed by atoms with Crippen molar-refractivity contribution in [2.24, 2.45) is 0 Å². The molecule has 0 fully saturated rings. The molecule has 0 spiro atoms. The highest BCUT2D eigenvalue weighted by molar-refractivity contribution is 6.35. The molecular formula is C20H22Cl2N2O3. The van der Waals surface area contributed by atoms with E-state index in [1.54, 1.807) is 12.1 Å². The van der Waals surface area contributed by atoms with E-state index in [4.69, 9.17) is 27.9 Å². The Labute approximate surface area is 169 Å². The highest BCUT2D eigenvalue weighted by Gasteiger charge is 2.12. The Kier molecular flexibility index (Phi) is 7.51. The number of hydrogen-bond donors (Lipinski definition) is 2. The maximum absolute atomic E-state index is 12.0. The fraction of sp³-hybridized carbons (Fsp3) is 0.300. The summed E-state index contributed by atoms with van der Waals surface area (Å²) in [5, 5.41) is 5.93. The topological polar surface area (TPSA) is 67.4 Å². The summed E-state index contributed by atoms with van der Waals surface area (Å²) < 4.78 is 5.64. The molecule has 0 atom stereocenters. The maximum atomic E-state index is 12.0. The molecule has 27 heavy (non-hydrogen) atoms. The van der Waals surface area contributed by atoms with Crippen LogP contribution in [0.5, 0.6) is 5.75 Å². The number of halogens is 2. The van der Waals surface area contributed by atoms with Gasteiger partial charge in [0.15, 0.2) is 6.61 Å². The predicted molar refractivity (Wildman–Crippen MR) is 109 cm³/mol. The van der Waals surface area contributed by atoms with E-state index in [9.17, 15) is 9.59 Å². The minimum Gasteiger partial charge on any atom is -0.483 e. The van der Waals surface area contributed by atoms with Crippen LogP contribution in [0.25, 0.3) is 0 Å². The SMILES string of the molecule is Cc1ccc(C(C)C)c(OCC(=O)NCC(=O)Nc2cc(Cl)ccc2Cl)c1. The van der Waals surface area contributed by atoms with E-state index < -0.39 is 11.8 Å². The molecule has 0 aliphatic rings. The number of ether oxygens (including phenoxy) is 1. The molecule has 0 unspecified atom stereocenters. The number of hydrogen-bond acceptors (Lipinski definition) is 3. The first kappa shape index (κ1) is 21.1. The van der Waals surface area contributed by atoms with Gasteiger partial charge >= 0.3 is 0 Å². The van der Waals surface area contributed by atoms with Crippen molar-refractivity contribution in [1.29, 1.82) is 0 Å². The first-order valence-electron chi connectivity index (χ1n) is 8.51. The van der Waals surface area contributed by atoms with Crippen LogP contribution in [0.1, 0.15) is 30.9 Å². The lowest BCUT2D eigenvalue weighted by molar-refractivity contribution is -0.125. The fourth-order valence-electron chi connectivity index (χ4n) is 2.40. The first-order chi connectivity index (χ1) is 12.8. The van der Waals surface area contributed by atoms with Crippen molar-refractivity contribution >= 4 is 40.7 Å². The van der Waals surface area contributed by atoms with E-state index >= 15 is 0 Å². The van der Waals surface area contributed by atoms with Gasteiger partial charge < -0.3 is 15.4 Å². The minimum absolute atomic E-state index is 0.172. The largest absolute Gasteiger partial charge is 0.483 e. The molecule has 2 rings (SSSR count). The maximum Gasteiger partial charge on any atom is 0.258 e. The quantitative estimate of drug-likeness (QED) is 0.705. The van der Waals surface area contributed by atoms with Crippen molar-refractivity contribution in [2.75, 3.05) is 18.5 Å². The van der Waals surface area contributed by atoms with Crippen molar-refractivity contribution in [3.8, 4) is 5.75 Å². The molecule has 0 saturated heterocycles. The van der Waals surface area contributed by atoms with Gasteiger partial charge in [0, 0.05) is 5.02 Å². The average molecular weight is 409 g/mol. The average Bonchev–Trinajstić information content (AvgIpc) is 2.61. The number of rotatable bonds is 7. The van der Waals surface area contributed by atoms with Crippen molar-refractivity contribution in [3.05, 3.63) is 57.6 Å². The van der Waals surface area contributed by atoms with Gasteiger partial charge in [-0.2, -0.15) is 0 Å². The second-order valence-electron chi connectivity index (χ2n) is 6.43. The van der Waals surface area contributed by atoms with Crippen LogP contribution >= 0.6 is 23.2 Å². The summed E-state index contributed by atoms with van der Waals surface area (Å²) >= 11 is 11.9. The van der Waals surface area contributed by atoms with Gasteiger partial charge in [0.25, 0.3) is 5.91 Å². The number of anilines is 1. The molecule has 0 saturated carbocycles. The minimum atomic E-state index is -0.411. The predicted octanol–water partition coefficient (Wildman–Crippen LogP) is 4.56. The number of carbonyl (C=O) groups is 2. The Hall–Kier alpha value is -2.24. The van der Waals surface area contributed by atoms with Gasteiger partial charge in [0.05, 0.1) is 17.3 Å². The van der Waals surface area contributed by atoms with Gasteiger partial charge in [-0.05, 0) is 48.2 Å². The van der Waals surface area contributed by atoms with Crippen molar-refractivity contribution in [1.82, 2.24) is 5.32 Å². The molecule has 0 aliphatic heterocycles. The molecule has 5 nitrogen and oxygen atoms in total. The third-order valence-electron chi connectivity index (χ3n) is 3.80. The highest BCUT2D eigenvalue weighted by atomic mass is 35.5. The van der Waals surface area contributed by atoms with Crippen LogP contribution < -0.4 is 15.4 Å². The third-order valence-corrected chi connectivity index (χ3v) is 4.36. The van der Waals surface area contributed by atoms with Crippen molar-refractivity contribution in [2.45, 2.75) is 26.7 Å². The Bertz CT molecular complexity index is 838. The zero-order chi connectivity index (χ0) is 20.0. The molecule has 2 aromatic carbocycles. The van der Waals surface area contributed by atoms with Crippen LogP contribution in [-0.2, 0) is 9.59 Å². The third kappa shape index (κ3) is 6.45. The van der Waals surface area contributed by atoms with Crippen molar-refractivity contribution < 1.29 is 14.3 Å². The first-order valence-corrected chi connectivity index (χ1v) is 9.27. The summed E-state index contributed by atoms with van der Waals surface area (Å²) in [5.74, 6) is 0.150. The summed E-state index contributed by atoms with van der Waals surface area (Å²) in [7, 11) is 0. The van der Waals surface area contributed by atoms with E-state index in [2.05, 4.69) is 24.5 Å². The van der Waals surface area contributed by atoms with Gasteiger partial charge in [-0.15, -0.1) is 0 Å². The molecule has 0 aliphatic carbocycles. The van der Waals surface area contributed by atoms with Gasteiger partial charge in [0.1, 0.15) is 5.75 Å². The zero-order valence-corrected chi connectivity index (χ0v) is 16.9. The normalized spacial score (nSPS) is 10.6. The molecule has 2 aromatic rings. The van der Waals surface area contributed by atoms with E-state index in [0.29, 0.717) is 21.5 Å². The van der Waals surface area contributed by atoms with Crippen LogP contribution in [-0.4, -0.2) is 25.0 Å². The second-order valence-corrected chi connectivity index (χ2v) is 7.28. The van der Waals surface area contributed by atoms with Crippen LogP contribution in [0.4, 0.5) is 5.69 Å². The molecule has 2 amide bonds. The number of benzene rings is 2. The molecule has 0 aromatic heterocycles. The molecule has 2 N–H and O–H groups in total. The van der Waals surface area contributed by atoms with Crippen LogP contribution in [0.3, 0.4) is 0 Å². The molecule has 144 valence electrons. The second kappa shape index (κ2) is 9.62. The van der Waals surface area contributed by atoms with Gasteiger partial charge in [-0.3, -0.25) is 9.59 Å². The van der Waals surface area contributed by atoms with Crippen LogP contribution in [0.2, 0.25) is 10.0 Å². The summed E-state index contributed by atoms with van der Waals surface area (Å²) in [6.07, 6.45) is 0. The number of nitrogens with one attached hydrogen (secondary N) is 2. The summed E-state index contributed by atoms with van der Waals surface area (Å²) in [6.45, 7) is 5.71. The summed E-state index contributed by atoms with van der Waals surface area (Å²) in [5.41, 5.74) is 2.47. The highest BCUT2D eigenvalue weighted by Crippen LogP contribution is 2.27. The molecule has 0 radical (unpaired) electrons. The van der Waals surface area contributed by atoms with Crippen LogP contribution in [0, 0.1) is 6.92 Å². The number of carbonyl (C=O) groups excluding carboxylic acids is 2. The standard InChI is InChI=1S/C20H22Cl2N2O3/c1-12(2)15-6-4-13(3)8-18(15)27-11-20(26)23-10-19(25)24-17-9-14(21)5-7-16(17)22/h4-9,12H,10-11H2,1-3H3,(H,23,26)(H,24,25). The number of amides is 2. The van der Waals surface area contributed by atoms with Crippen molar-refractivity contribution in [3.63, 3.8) is 0 Å². The van der Waals surface area contributed by atoms with E-state index in [-0.39, 0.29) is 19.1 Å². The Morgan fingerprint density at radius 1 is 1.07 bits per heavy atom. The van der Waals surface area contributed by atoms with Crippen LogP contribution in [0.15, 0.2) is 36.4 Å². The Balaban J connectivity index is 1.85. The van der Waals surface area contributed by atoms with E-state index in [0.717, 1.165) is 11.1 Å². The smallest absolute Gasteiger partial charge is 0.258 e. The lowest BCUT2D eigenvalue weighted by Gasteiger charge is -2.15.